The van der Waals surface area contributed by atoms with Crippen LogP contribution in [0.4, 0.5) is 0 Å². The number of amides is 1. The smallest absolute Gasteiger partial charge is 0.220 e. The highest BCUT2D eigenvalue weighted by atomic mass is 16.2. The van der Waals surface area contributed by atoms with E-state index in [4.69, 9.17) is 5.11 Å². The number of nitrogens with one attached hydrogen (secondary N) is 1. The van der Waals surface area contributed by atoms with Crippen LogP contribution >= 0.6 is 0 Å². The third-order valence-corrected chi connectivity index (χ3v) is 2.49. The Kier molecular flexibility index (Phi) is 5.59. The molecule has 0 aliphatic rings. The highest BCUT2D eigenvalue weighted by Gasteiger charge is 2.15. The van der Waals surface area contributed by atoms with E-state index in [2.05, 4.69) is 17.2 Å². The van der Waals surface area contributed by atoms with Gasteiger partial charge in [0.2, 0.25) is 5.91 Å². The Bertz CT molecular complexity index is 489. The first kappa shape index (κ1) is 15.3. The molecule has 1 aromatic rings. The predicted octanol–water partition coefficient (Wildman–Crippen LogP) is 2.08. The molecule has 3 nitrogen and oxygen atoms in total. The average molecular weight is 259 g/mol. The van der Waals surface area contributed by atoms with Crippen LogP contribution in [0.5, 0.6) is 0 Å². The van der Waals surface area contributed by atoms with Gasteiger partial charge in [0.1, 0.15) is 6.61 Å². The molecule has 2 N–H and O–H groups in total. The Morgan fingerprint density at radius 2 is 2.00 bits per heavy atom. The van der Waals surface area contributed by atoms with Crippen LogP contribution < -0.4 is 5.32 Å². The molecule has 0 bridgehead atoms. The Balaban J connectivity index is 2.65. The minimum atomic E-state index is -0.162. The Morgan fingerprint density at radius 1 is 1.32 bits per heavy atom. The molecule has 0 aliphatic heterocycles. The normalized spacial score (nSPS) is 10.5. The number of hydrogen-bond donors (Lipinski definition) is 2. The lowest BCUT2D eigenvalue weighted by Gasteiger charge is -2.17. The topological polar surface area (TPSA) is 49.3 Å². The molecule has 1 rings (SSSR count). The summed E-state index contributed by atoms with van der Waals surface area (Å²) in [6.45, 7) is 6.41. The van der Waals surface area contributed by atoms with Crippen LogP contribution in [-0.4, -0.2) is 17.6 Å². The zero-order valence-corrected chi connectivity index (χ0v) is 11.8. The van der Waals surface area contributed by atoms with Crippen LogP contribution in [0.15, 0.2) is 24.3 Å². The van der Waals surface area contributed by atoms with Crippen molar-refractivity contribution in [1.29, 1.82) is 0 Å². The second-order valence-electron chi connectivity index (χ2n) is 5.63. The molecule has 3 heteroatoms. The third-order valence-electron chi connectivity index (χ3n) is 2.49. The van der Waals surface area contributed by atoms with E-state index in [0.29, 0.717) is 13.0 Å². The number of hydrogen-bond acceptors (Lipinski definition) is 2. The van der Waals surface area contributed by atoms with Crippen molar-refractivity contribution in [3.05, 3.63) is 35.4 Å². The average Bonchev–Trinajstić information content (AvgIpc) is 2.32. The minimum absolute atomic E-state index is 0.0136. The maximum Gasteiger partial charge on any atom is 0.220 e. The highest BCUT2D eigenvalue weighted by molar-refractivity contribution is 5.76. The first-order valence-electron chi connectivity index (χ1n) is 6.37. The first-order chi connectivity index (χ1) is 8.92. The third kappa shape index (κ3) is 6.08. The first-order valence-corrected chi connectivity index (χ1v) is 6.37. The van der Waals surface area contributed by atoms with Gasteiger partial charge in [-0.3, -0.25) is 4.79 Å². The van der Waals surface area contributed by atoms with Gasteiger partial charge < -0.3 is 10.4 Å². The van der Waals surface area contributed by atoms with E-state index in [1.54, 1.807) is 0 Å². The van der Waals surface area contributed by atoms with Gasteiger partial charge in [-0.25, -0.2) is 0 Å². The van der Waals surface area contributed by atoms with Crippen molar-refractivity contribution in [2.24, 2.45) is 5.41 Å². The maximum atomic E-state index is 11.8. The lowest BCUT2D eigenvalue weighted by atomic mass is 9.92. The van der Waals surface area contributed by atoms with E-state index < -0.39 is 0 Å². The van der Waals surface area contributed by atoms with Crippen LogP contribution in [0.2, 0.25) is 0 Å². The second-order valence-corrected chi connectivity index (χ2v) is 5.63. The van der Waals surface area contributed by atoms with E-state index in [9.17, 15) is 4.79 Å². The van der Waals surface area contributed by atoms with Gasteiger partial charge in [-0.15, -0.1) is 0 Å². The van der Waals surface area contributed by atoms with Crippen molar-refractivity contribution in [2.75, 3.05) is 6.61 Å². The lowest BCUT2D eigenvalue weighted by Crippen LogP contribution is -2.27. The van der Waals surface area contributed by atoms with Gasteiger partial charge in [0, 0.05) is 18.5 Å². The van der Waals surface area contributed by atoms with E-state index in [-0.39, 0.29) is 17.9 Å². The van der Waals surface area contributed by atoms with Crippen LogP contribution in [0.1, 0.15) is 38.3 Å². The van der Waals surface area contributed by atoms with Gasteiger partial charge in [-0.05, 0) is 17.0 Å². The van der Waals surface area contributed by atoms with Gasteiger partial charge >= 0.3 is 0 Å². The molecule has 102 valence electrons. The number of aliphatic hydroxyl groups excluding tert-OH is 1. The molecular weight excluding hydrogens is 238 g/mol. The fourth-order valence-electron chi connectivity index (χ4n) is 1.67. The van der Waals surface area contributed by atoms with Gasteiger partial charge in [0.15, 0.2) is 0 Å². The van der Waals surface area contributed by atoms with Crippen LogP contribution in [-0.2, 0) is 11.3 Å². The fraction of sp³-hybridized carbons (Fsp3) is 0.438. The van der Waals surface area contributed by atoms with Crippen molar-refractivity contribution in [3.63, 3.8) is 0 Å². The molecule has 0 spiro atoms. The Morgan fingerprint density at radius 3 is 2.63 bits per heavy atom. The SMILES string of the molecule is CC(C)(C)CC(=O)NCc1ccccc1C#CCO. The van der Waals surface area contributed by atoms with E-state index >= 15 is 0 Å². The predicted molar refractivity (Wildman–Crippen MR) is 76.3 cm³/mol. The van der Waals surface area contributed by atoms with Crippen molar-refractivity contribution < 1.29 is 9.90 Å². The number of carbonyl (C=O) groups excluding carboxylic acids is 1. The number of aliphatic hydroxyl groups is 1. The van der Waals surface area contributed by atoms with E-state index in [1.165, 1.54) is 0 Å². The molecule has 0 unspecified atom stereocenters. The molecule has 0 atom stereocenters. The summed E-state index contributed by atoms with van der Waals surface area (Å²) in [7, 11) is 0. The molecule has 1 aromatic carbocycles. The summed E-state index contributed by atoms with van der Waals surface area (Å²) >= 11 is 0. The molecule has 0 radical (unpaired) electrons. The van der Waals surface area contributed by atoms with Crippen molar-refractivity contribution in [2.45, 2.75) is 33.7 Å². The largest absolute Gasteiger partial charge is 0.384 e. The zero-order chi connectivity index (χ0) is 14.3. The van der Waals surface area contributed by atoms with E-state index in [1.807, 2.05) is 45.0 Å². The van der Waals surface area contributed by atoms with Gasteiger partial charge in [-0.2, -0.15) is 0 Å². The van der Waals surface area contributed by atoms with Crippen molar-refractivity contribution >= 4 is 5.91 Å². The highest BCUT2D eigenvalue weighted by Crippen LogP contribution is 2.18. The molecule has 1 amide bonds. The summed E-state index contributed by atoms with van der Waals surface area (Å²) in [6.07, 6.45) is 0.498. The second kappa shape index (κ2) is 6.96. The lowest BCUT2D eigenvalue weighted by molar-refractivity contribution is -0.122. The molecule has 0 aromatic heterocycles. The summed E-state index contributed by atoms with van der Waals surface area (Å²) in [5.74, 6) is 5.55. The summed E-state index contributed by atoms with van der Waals surface area (Å²) in [4.78, 5) is 11.8. The molecule has 0 fully saturated rings. The van der Waals surface area contributed by atoms with Gasteiger partial charge in [0.05, 0.1) is 0 Å². The minimum Gasteiger partial charge on any atom is -0.384 e. The molecule has 0 saturated carbocycles. The number of benzene rings is 1. The van der Waals surface area contributed by atoms with Gasteiger partial charge in [-0.1, -0.05) is 50.8 Å². The molecule has 0 aliphatic carbocycles. The quantitative estimate of drug-likeness (QED) is 0.817. The standard InChI is InChI=1S/C16H21NO2/c1-16(2,3)11-15(19)17-12-14-8-5-4-7-13(14)9-6-10-18/h4-5,7-8,18H,10-12H2,1-3H3,(H,17,19). The van der Waals surface area contributed by atoms with Crippen LogP contribution in [0.25, 0.3) is 0 Å². The fourth-order valence-corrected chi connectivity index (χ4v) is 1.67. The van der Waals surface area contributed by atoms with Crippen LogP contribution in [0, 0.1) is 17.3 Å². The summed E-state index contributed by atoms with van der Waals surface area (Å²) < 4.78 is 0. The molecule has 0 saturated heterocycles. The molecule has 0 heterocycles. The maximum absolute atomic E-state index is 11.8. The summed E-state index contributed by atoms with van der Waals surface area (Å²) in [5, 5.41) is 11.6. The Labute approximate surface area is 115 Å². The monoisotopic (exact) mass is 259 g/mol. The summed E-state index contributed by atoms with van der Waals surface area (Å²) in [5.41, 5.74) is 1.79. The number of carbonyl (C=O) groups is 1. The van der Waals surface area contributed by atoms with Crippen molar-refractivity contribution in [1.82, 2.24) is 5.32 Å². The summed E-state index contributed by atoms with van der Waals surface area (Å²) in [6, 6.07) is 7.61. The zero-order valence-electron chi connectivity index (χ0n) is 11.8. The molecular formula is C16H21NO2. The van der Waals surface area contributed by atoms with Gasteiger partial charge in [0.25, 0.3) is 0 Å². The Hall–Kier alpha value is -1.79. The van der Waals surface area contributed by atoms with Crippen molar-refractivity contribution in [3.8, 4) is 11.8 Å². The number of rotatable bonds is 3. The van der Waals surface area contributed by atoms with E-state index in [0.717, 1.165) is 11.1 Å². The van der Waals surface area contributed by atoms with Crippen LogP contribution in [0.3, 0.4) is 0 Å². The molecule has 19 heavy (non-hydrogen) atoms.